The summed E-state index contributed by atoms with van der Waals surface area (Å²) in [7, 11) is 0. The van der Waals surface area contributed by atoms with Gasteiger partial charge in [-0.1, -0.05) is 6.42 Å². The van der Waals surface area contributed by atoms with E-state index < -0.39 is 5.60 Å². The number of hydrogen-bond acceptors (Lipinski definition) is 2. The summed E-state index contributed by atoms with van der Waals surface area (Å²) in [5.74, 6) is 1.86. The second kappa shape index (κ2) is 3.21. The predicted octanol–water partition coefficient (Wildman–Crippen LogP) is 1.06. The molecule has 3 heteroatoms. The normalized spacial score (nSPS) is 40.5. The van der Waals surface area contributed by atoms with Crippen LogP contribution in [0.1, 0.15) is 38.5 Å². The number of rotatable bonds is 3. The van der Waals surface area contributed by atoms with Gasteiger partial charge < -0.3 is 10.4 Å². The zero-order valence-electron chi connectivity index (χ0n) is 9.04. The van der Waals surface area contributed by atoms with Crippen molar-refractivity contribution in [1.82, 2.24) is 5.32 Å². The van der Waals surface area contributed by atoms with Crippen LogP contribution in [0.5, 0.6) is 0 Å². The van der Waals surface area contributed by atoms with Gasteiger partial charge in [0.2, 0.25) is 5.91 Å². The Hall–Kier alpha value is -0.570. The number of hydrogen-bond donors (Lipinski definition) is 2. The molecule has 0 bridgehead atoms. The maximum absolute atomic E-state index is 11.8. The van der Waals surface area contributed by atoms with Crippen molar-refractivity contribution in [2.45, 2.75) is 44.1 Å². The van der Waals surface area contributed by atoms with Crippen LogP contribution in [0, 0.1) is 17.8 Å². The van der Waals surface area contributed by atoms with Gasteiger partial charge in [0.25, 0.3) is 0 Å². The average Bonchev–Trinajstić information content (AvgIpc) is 2.66. The summed E-state index contributed by atoms with van der Waals surface area (Å²) in [5, 5.41) is 12.8. The highest BCUT2D eigenvalue weighted by molar-refractivity contribution is 5.82. The van der Waals surface area contributed by atoms with Gasteiger partial charge in [0, 0.05) is 12.5 Å². The fourth-order valence-electron chi connectivity index (χ4n) is 3.34. The van der Waals surface area contributed by atoms with Crippen molar-refractivity contribution < 1.29 is 9.90 Å². The Bertz CT molecular complexity index is 275. The molecule has 84 valence electrons. The van der Waals surface area contributed by atoms with Gasteiger partial charge in [-0.2, -0.15) is 0 Å². The standard InChI is InChI=1S/C12H19NO2/c14-11(10-8-3-1-4-9(8)10)13-7-12(15)5-2-6-12/h8-10,15H,1-7H2,(H,13,14). The van der Waals surface area contributed by atoms with E-state index in [0.717, 1.165) is 19.3 Å². The lowest BCUT2D eigenvalue weighted by molar-refractivity contribution is -0.125. The van der Waals surface area contributed by atoms with Gasteiger partial charge in [-0.15, -0.1) is 0 Å². The molecular formula is C12H19NO2. The smallest absolute Gasteiger partial charge is 0.223 e. The van der Waals surface area contributed by atoms with Gasteiger partial charge in [0.1, 0.15) is 0 Å². The zero-order valence-corrected chi connectivity index (χ0v) is 9.04. The van der Waals surface area contributed by atoms with Crippen LogP contribution in [0.15, 0.2) is 0 Å². The Morgan fingerprint density at radius 1 is 1.27 bits per heavy atom. The Labute approximate surface area is 90.2 Å². The van der Waals surface area contributed by atoms with E-state index in [1.807, 2.05) is 0 Å². The van der Waals surface area contributed by atoms with Crippen LogP contribution in [-0.4, -0.2) is 23.2 Å². The summed E-state index contributed by atoms with van der Waals surface area (Å²) in [6.45, 7) is 0.474. The highest BCUT2D eigenvalue weighted by Crippen LogP contribution is 2.57. The molecule has 0 saturated heterocycles. The molecule has 0 radical (unpaired) electrons. The van der Waals surface area contributed by atoms with E-state index in [2.05, 4.69) is 5.32 Å². The fourth-order valence-corrected chi connectivity index (χ4v) is 3.34. The summed E-state index contributed by atoms with van der Waals surface area (Å²) in [6.07, 6.45) is 6.60. The molecule has 0 spiro atoms. The van der Waals surface area contributed by atoms with E-state index in [1.54, 1.807) is 0 Å². The van der Waals surface area contributed by atoms with Gasteiger partial charge in [-0.25, -0.2) is 0 Å². The molecular weight excluding hydrogens is 190 g/mol. The molecule has 2 atom stereocenters. The van der Waals surface area contributed by atoms with E-state index in [1.165, 1.54) is 19.3 Å². The third kappa shape index (κ3) is 1.57. The first-order chi connectivity index (χ1) is 7.20. The minimum absolute atomic E-state index is 0.199. The van der Waals surface area contributed by atoms with Crippen molar-refractivity contribution in [3.63, 3.8) is 0 Å². The van der Waals surface area contributed by atoms with E-state index in [9.17, 15) is 9.90 Å². The molecule has 0 aromatic rings. The van der Waals surface area contributed by atoms with Crippen LogP contribution in [0.25, 0.3) is 0 Å². The molecule has 2 N–H and O–H groups in total. The maximum atomic E-state index is 11.8. The third-order valence-corrected chi connectivity index (χ3v) is 4.59. The average molecular weight is 209 g/mol. The van der Waals surface area contributed by atoms with E-state index in [-0.39, 0.29) is 5.91 Å². The summed E-state index contributed by atoms with van der Waals surface area (Å²) in [6, 6.07) is 0. The number of aliphatic hydroxyl groups is 1. The van der Waals surface area contributed by atoms with E-state index in [0.29, 0.717) is 24.3 Å². The SMILES string of the molecule is O=C(NCC1(O)CCC1)C1C2CCCC21. The monoisotopic (exact) mass is 209 g/mol. The van der Waals surface area contributed by atoms with Crippen LogP contribution >= 0.6 is 0 Å². The van der Waals surface area contributed by atoms with Gasteiger partial charge in [0.15, 0.2) is 0 Å². The highest BCUT2D eigenvalue weighted by Gasteiger charge is 2.56. The Morgan fingerprint density at radius 3 is 2.47 bits per heavy atom. The Kier molecular flexibility index (Phi) is 2.06. The predicted molar refractivity (Wildman–Crippen MR) is 56.1 cm³/mol. The lowest BCUT2D eigenvalue weighted by Gasteiger charge is -2.36. The fraction of sp³-hybridized carbons (Fsp3) is 0.917. The molecule has 0 aliphatic heterocycles. The number of carbonyl (C=O) groups excluding carboxylic acids is 1. The number of amides is 1. The van der Waals surface area contributed by atoms with Crippen LogP contribution in [0.3, 0.4) is 0 Å². The molecule has 0 aromatic carbocycles. The minimum Gasteiger partial charge on any atom is -0.388 e. The number of fused-ring (bicyclic) bond motifs is 1. The molecule has 3 aliphatic carbocycles. The minimum atomic E-state index is -0.570. The number of carbonyl (C=O) groups is 1. The van der Waals surface area contributed by atoms with Crippen LogP contribution in [-0.2, 0) is 4.79 Å². The molecule has 1 amide bonds. The summed E-state index contributed by atoms with van der Waals surface area (Å²) in [4.78, 5) is 11.8. The molecule has 3 aliphatic rings. The first kappa shape index (κ1) is 9.64. The molecule has 3 rings (SSSR count). The Morgan fingerprint density at radius 2 is 1.93 bits per heavy atom. The quantitative estimate of drug-likeness (QED) is 0.730. The van der Waals surface area contributed by atoms with Gasteiger partial charge in [0.05, 0.1) is 5.60 Å². The lowest BCUT2D eigenvalue weighted by Crippen LogP contribution is -2.48. The van der Waals surface area contributed by atoms with Crippen LogP contribution < -0.4 is 5.32 Å². The molecule has 3 saturated carbocycles. The lowest BCUT2D eigenvalue weighted by atomic mass is 9.80. The summed E-state index contributed by atoms with van der Waals surface area (Å²) < 4.78 is 0. The number of nitrogens with one attached hydrogen (secondary N) is 1. The first-order valence-electron chi connectivity index (χ1n) is 6.20. The second-order valence-electron chi connectivity index (χ2n) is 5.58. The third-order valence-electron chi connectivity index (χ3n) is 4.59. The van der Waals surface area contributed by atoms with Crippen molar-refractivity contribution in [2.75, 3.05) is 6.54 Å². The van der Waals surface area contributed by atoms with Gasteiger partial charge in [-0.3, -0.25) is 4.79 Å². The summed E-state index contributed by atoms with van der Waals surface area (Å²) in [5.41, 5.74) is -0.570. The molecule has 0 heterocycles. The second-order valence-corrected chi connectivity index (χ2v) is 5.58. The van der Waals surface area contributed by atoms with Gasteiger partial charge >= 0.3 is 0 Å². The van der Waals surface area contributed by atoms with Crippen molar-refractivity contribution in [1.29, 1.82) is 0 Å². The van der Waals surface area contributed by atoms with Crippen LogP contribution in [0.2, 0.25) is 0 Å². The summed E-state index contributed by atoms with van der Waals surface area (Å²) >= 11 is 0. The molecule has 2 unspecified atom stereocenters. The van der Waals surface area contributed by atoms with Crippen molar-refractivity contribution >= 4 is 5.91 Å². The first-order valence-corrected chi connectivity index (χ1v) is 6.20. The molecule has 3 nitrogen and oxygen atoms in total. The van der Waals surface area contributed by atoms with Crippen molar-refractivity contribution in [3.8, 4) is 0 Å². The van der Waals surface area contributed by atoms with E-state index >= 15 is 0 Å². The topological polar surface area (TPSA) is 49.3 Å². The zero-order chi connectivity index (χ0) is 10.5. The van der Waals surface area contributed by atoms with Crippen molar-refractivity contribution in [3.05, 3.63) is 0 Å². The van der Waals surface area contributed by atoms with Crippen LogP contribution in [0.4, 0.5) is 0 Å². The molecule has 15 heavy (non-hydrogen) atoms. The van der Waals surface area contributed by atoms with Gasteiger partial charge in [-0.05, 0) is 43.9 Å². The Balaban J connectivity index is 1.46. The maximum Gasteiger partial charge on any atom is 0.223 e. The highest BCUT2D eigenvalue weighted by atomic mass is 16.3. The van der Waals surface area contributed by atoms with E-state index in [4.69, 9.17) is 0 Å². The molecule has 0 aromatic heterocycles. The van der Waals surface area contributed by atoms with Crippen molar-refractivity contribution in [2.24, 2.45) is 17.8 Å². The molecule has 3 fully saturated rings. The largest absolute Gasteiger partial charge is 0.388 e.